The van der Waals surface area contributed by atoms with Crippen molar-refractivity contribution in [2.75, 3.05) is 20.7 Å². The summed E-state index contributed by atoms with van der Waals surface area (Å²) in [5.74, 6) is 0.775. The van der Waals surface area contributed by atoms with E-state index in [-0.39, 0.29) is 6.10 Å². The van der Waals surface area contributed by atoms with Gasteiger partial charge in [-0.3, -0.25) is 0 Å². The normalized spacial score (nSPS) is 16.3. The summed E-state index contributed by atoms with van der Waals surface area (Å²) in [6.45, 7) is 7.13. The third-order valence-electron chi connectivity index (χ3n) is 4.84. The molecule has 0 spiro atoms. The highest BCUT2D eigenvalue weighted by atomic mass is 16.6. The topological polar surface area (TPSA) is 46.4 Å². The number of nitrogens with zero attached hydrogens (tertiary/aromatic N) is 3. The minimum atomic E-state index is -0.147. The third kappa shape index (κ3) is 4.30. The number of hydrogen-bond donors (Lipinski definition) is 0. The Morgan fingerprint density at radius 2 is 2.00 bits per heavy atom. The van der Waals surface area contributed by atoms with Crippen molar-refractivity contribution in [1.29, 1.82) is 0 Å². The molecule has 0 aliphatic carbocycles. The van der Waals surface area contributed by atoms with Gasteiger partial charge in [-0.2, -0.15) is 0 Å². The van der Waals surface area contributed by atoms with Crippen LogP contribution in [0.4, 0.5) is 5.69 Å². The predicted octanol–water partition coefficient (Wildman–Crippen LogP) is 4.79. The average molecular weight is 365 g/mol. The number of methoxy groups -OCH3 is 1. The van der Waals surface area contributed by atoms with Gasteiger partial charge in [0.2, 0.25) is 0 Å². The zero-order valence-corrected chi connectivity index (χ0v) is 16.7. The molecule has 0 aromatic heterocycles. The Morgan fingerprint density at radius 3 is 2.67 bits per heavy atom. The SMILES string of the molecule is CCN(C)/C=N/c1cc(OC)c(C2CC(c3ccc(C)cc3)=NO2)cc1C. The van der Waals surface area contributed by atoms with E-state index in [0.29, 0.717) is 0 Å². The van der Waals surface area contributed by atoms with Crippen LogP contribution < -0.4 is 4.74 Å². The van der Waals surface area contributed by atoms with Crippen molar-refractivity contribution in [3.8, 4) is 5.75 Å². The average Bonchev–Trinajstić information content (AvgIpc) is 3.17. The fourth-order valence-electron chi connectivity index (χ4n) is 2.97. The highest BCUT2D eigenvalue weighted by Crippen LogP contribution is 2.38. The summed E-state index contributed by atoms with van der Waals surface area (Å²) in [4.78, 5) is 12.4. The first-order valence-electron chi connectivity index (χ1n) is 9.24. The standard InChI is InChI=1S/C22H27N3O2/c1-6-25(4)14-23-19-12-21(26-5)18(11-16(19)3)22-13-20(24-27-22)17-9-7-15(2)8-10-17/h7-12,14,22H,6,13H2,1-5H3/b23-14+. The maximum Gasteiger partial charge on any atom is 0.161 e. The Morgan fingerprint density at radius 1 is 1.26 bits per heavy atom. The summed E-state index contributed by atoms with van der Waals surface area (Å²) in [5.41, 5.74) is 6.28. The third-order valence-corrected chi connectivity index (χ3v) is 4.84. The van der Waals surface area contributed by atoms with Gasteiger partial charge in [0.25, 0.3) is 0 Å². The molecule has 5 nitrogen and oxygen atoms in total. The molecule has 0 saturated carbocycles. The molecule has 1 aliphatic rings. The van der Waals surface area contributed by atoms with E-state index in [0.717, 1.165) is 46.8 Å². The molecular formula is C22H27N3O2. The number of aryl methyl sites for hydroxylation is 2. The monoisotopic (exact) mass is 365 g/mol. The second-order valence-electron chi connectivity index (χ2n) is 6.90. The van der Waals surface area contributed by atoms with Crippen LogP contribution >= 0.6 is 0 Å². The van der Waals surface area contributed by atoms with Gasteiger partial charge in [0.1, 0.15) is 5.75 Å². The Balaban J connectivity index is 1.82. The summed E-state index contributed by atoms with van der Waals surface area (Å²) in [6.07, 6.45) is 2.41. The van der Waals surface area contributed by atoms with Crippen LogP contribution in [0.25, 0.3) is 0 Å². The summed E-state index contributed by atoms with van der Waals surface area (Å²) < 4.78 is 5.62. The summed E-state index contributed by atoms with van der Waals surface area (Å²) >= 11 is 0. The molecule has 5 heteroatoms. The fourth-order valence-corrected chi connectivity index (χ4v) is 2.97. The first-order chi connectivity index (χ1) is 13.0. The molecule has 0 fully saturated rings. The molecule has 27 heavy (non-hydrogen) atoms. The zero-order chi connectivity index (χ0) is 19.4. The molecule has 1 heterocycles. The molecule has 142 valence electrons. The maximum absolute atomic E-state index is 5.75. The van der Waals surface area contributed by atoms with Gasteiger partial charge in [-0.05, 0) is 38.0 Å². The second kappa shape index (κ2) is 8.25. The van der Waals surface area contributed by atoms with Crippen molar-refractivity contribution in [3.05, 3.63) is 58.7 Å². The number of aliphatic imine (C=N–C) groups is 1. The quantitative estimate of drug-likeness (QED) is 0.546. The van der Waals surface area contributed by atoms with Crippen molar-refractivity contribution >= 4 is 17.7 Å². The molecule has 1 aliphatic heterocycles. The fraction of sp³-hybridized carbons (Fsp3) is 0.364. The van der Waals surface area contributed by atoms with E-state index >= 15 is 0 Å². The summed E-state index contributed by atoms with van der Waals surface area (Å²) in [7, 11) is 3.68. The lowest BCUT2D eigenvalue weighted by molar-refractivity contribution is 0.0836. The Kier molecular flexibility index (Phi) is 5.79. The van der Waals surface area contributed by atoms with Crippen molar-refractivity contribution in [3.63, 3.8) is 0 Å². The Labute approximate surface area is 161 Å². The smallest absolute Gasteiger partial charge is 0.161 e. The van der Waals surface area contributed by atoms with Crippen LogP contribution in [0.15, 0.2) is 46.5 Å². The van der Waals surface area contributed by atoms with Crippen molar-refractivity contribution < 1.29 is 9.57 Å². The molecule has 0 amide bonds. The first kappa shape index (κ1) is 19.0. The molecule has 3 rings (SSSR count). The van der Waals surface area contributed by atoms with Crippen LogP contribution in [0.1, 0.15) is 41.7 Å². The molecule has 1 unspecified atom stereocenters. The molecule has 0 saturated heterocycles. The minimum absolute atomic E-state index is 0.147. The van der Waals surface area contributed by atoms with Crippen LogP contribution in [0, 0.1) is 13.8 Å². The highest BCUT2D eigenvalue weighted by molar-refractivity contribution is 6.01. The van der Waals surface area contributed by atoms with E-state index in [1.165, 1.54) is 5.56 Å². The largest absolute Gasteiger partial charge is 0.496 e. The summed E-state index contributed by atoms with van der Waals surface area (Å²) in [5, 5.41) is 4.32. The summed E-state index contributed by atoms with van der Waals surface area (Å²) in [6, 6.07) is 12.4. The van der Waals surface area contributed by atoms with Crippen LogP contribution in [0.3, 0.4) is 0 Å². The van der Waals surface area contributed by atoms with Gasteiger partial charge in [0, 0.05) is 31.6 Å². The molecule has 0 radical (unpaired) electrons. The highest BCUT2D eigenvalue weighted by Gasteiger charge is 2.27. The van der Waals surface area contributed by atoms with Crippen LogP contribution in [0.5, 0.6) is 5.75 Å². The molecule has 0 N–H and O–H groups in total. The lowest BCUT2D eigenvalue weighted by Gasteiger charge is -2.16. The van der Waals surface area contributed by atoms with Crippen LogP contribution in [0.2, 0.25) is 0 Å². The Bertz CT molecular complexity index is 857. The number of ether oxygens (including phenoxy) is 1. The van der Waals surface area contributed by atoms with E-state index in [2.05, 4.69) is 61.3 Å². The van der Waals surface area contributed by atoms with Gasteiger partial charge < -0.3 is 14.5 Å². The molecule has 0 bridgehead atoms. The minimum Gasteiger partial charge on any atom is -0.496 e. The lowest BCUT2D eigenvalue weighted by atomic mass is 9.97. The van der Waals surface area contributed by atoms with E-state index in [1.807, 2.05) is 24.4 Å². The van der Waals surface area contributed by atoms with Gasteiger partial charge in [0.05, 0.1) is 24.8 Å². The van der Waals surface area contributed by atoms with Crippen molar-refractivity contribution in [1.82, 2.24) is 4.90 Å². The van der Waals surface area contributed by atoms with Crippen LogP contribution in [-0.4, -0.2) is 37.7 Å². The van der Waals surface area contributed by atoms with Gasteiger partial charge in [0.15, 0.2) is 6.10 Å². The van der Waals surface area contributed by atoms with Crippen molar-refractivity contribution in [2.45, 2.75) is 33.3 Å². The van der Waals surface area contributed by atoms with Crippen molar-refractivity contribution in [2.24, 2.45) is 10.1 Å². The van der Waals surface area contributed by atoms with Gasteiger partial charge in [-0.25, -0.2) is 4.99 Å². The predicted molar refractivity (Wildman–Crippen MR) is 110 cm³/mol. The van der Waals surface area contributed by atoms with Crippen LogP contribution in [-0.2, 0) is 4.84 Å². The number of oxime groups is 1. The molecule has 2 aromatic carbocycles. The number of benzene rings is 2. The second-order valence-corrected chi connectivity index (χ2v) is 6.90. The van der Waals surface area contributed by atoms with Gasteiger partial charge in [-0.1, -0.05) is 35.0 Å². The van der Waals surface area contributed by atoms with E-state index in [4.69, 9.17) is 9.57 Å². The zero-order valence-electron chi connectivity index (χ0n) is 16.7. The lowest BCUT2D eigenvalue weighted by Crippen LogP contribution is -2.14. The molecule has 1 atom stereocenters. The van der Waals surface area contributed by atoms with Gasteiger partial charge in [-0.15, -0.1) is 0 Å². The first-order valence-corrected chi connectivity index (χ1v) is 9.24. The Hall–Kier alpha value is -2.82. The van der Waals surface area contributed by atoms with E-state index in [9.17, 15) is 0 Å². The number of rotatable bonds is 6. The maximum atomic E-state index is 5.75. The van der Waals surface area contributed by atoms with E-state index < -0.39 is 0 Å². The van der Waals surface area contributed by atoms with Gasteiger partial charge >= 0.3 is 0 Å². The molecular weight excluding hydrogens is 338 g/mol. The van der Waals surface area contributed by atoms with E-state index in [1.54, 1.807) is 7.11 Å². The molecule has 2 aromatic rings. The number of hydrogen-bond acceptors (Lipinski definition) is 4.